The van der Waals surface area contributed by atoms with Crippen LogP contribution in [0.2, 0.25) is 0 Å². The average molecular weight is 288 g/mol. The number of nitrogens with two attached hydrogens (primary N) is 1. The van der Waals surface area contributed by atoms with E-state index >= 15 is 0 Å². The Hall–Kier alpha value is -1.06. The van der Waals surface area contributed by atoms with Gasteiger partial charge in [0.25, 0.3) is 0 Å². The van der Waals surface area contributed by atoms with Crippen molar-refractivity contribution >= 4 is 0 Å². The van der Waals surface area contributed by atoms with Gasteiger partial charge in [-0.25, -0.2) is 0 Å². The van der Waals surface area contributed by atoms with Gasteiger partial charge in [-0.2, -0.15) is 0 Å². The van der Waals surface area contributed by atoms with E-state index in [1.54, 1.807) is 7.11 Å². The number of hydrogen-bond acceptors (Lipinski definition) is 3. The first-order valence-electron chi connectivity index (χ1n) is 8.42. The van der Waals surface area contributed by atoms with Crippen molar-refractivity contribution in [1.82, 2.24) is 4.90 Å². The van der Waals surface area contributed by atoms with E-state index in [1.807, 2.05) is 6.07 Å². The SMILES string of the molecule is CCN(C1CCCC1)C1CCc2cc(OC)ccc2C1N. The fraction of sp³-hybridized carbons (Fsp3) is 0.667. The van der Waals surface area contributed by atoms with Gasteiger partial charge in [0, 0.05) is 18.1 Å². The number of hydrogen-bond donors (Lipinski definition) is 1. The molecule has 0 amide bonds. The molecular weight excluding hydrogens is 260 g/mol. The highest BCUT2D eigenvalue weighted by Crippen LogP contribution is 2.36. The lowest BCUT2D eigenvalue weighted by Crippen LogP contribution is -2.49. The number of nitrogens with zero attached hydrogens (tertiary/aromatic N) is 1. The molecule has 1 saturated carbocycles. The van der Waals surface area contributed by atoms with E-state index in [1.165, 1.54) is 43.2 Å². The molecule has 21 heavy (non-hydrogen) atoms. The Morgan fingerprint density at radius 2 is 2.00 bits per heavy atom. The number of likely N-dealkylation sites (N-methyl/N-ethyl adjacent to an activating group) is 1. The van der Waals surface area contributed by atoms with Crippen molar-refractivity contribution in [2.45, 2.75) is 63.6 Å². The summed E-state index contributed by atoms with van der Waals surface area (Å²) in [6, 6.07) is 7.78. The van der Waals surface area contributed by atoms with Crippen LogP contribution in [-0.2, 0) is 6.42 Å². The summed E-state index contributed by atoms with van der Waals surface area (Å²) in [5.74, 6) is 0.947. The van der Waals surface area contributed by atoms with Crippen LogP contribution in [-0.4, -0.2) is 30.6 Å². The van der Waals surface area contributed by atoms with Crippen LogP contribution in [0.4, 0.5) is 0 Å². The summed E-state index contributed by atoms with van der Waals surface area (Å²) in [4.78, 5) is 2.69. The summed E-state index contributed by atoms with van der Waals surface area (Å²) >= 11 is 0. The molecule has 2 N–H and O–H groups in total. The Balaban J connectivity index is 1.82. The lowest BCUT2D eigenvalue weighted by Gasteiger charge is -2.42. The zero-order chi connectivity index (χ0) is 14.8. The van der Waals surface area contributed by atoms with Gasteiger partial charge < -0.3 is 10.5 Å². The number of methoxy groups -OCH3 is 1. The van der Waals surface area contributed by atoms with Crippen molar-refractivity contribution in [1.29, 1.82) is 0 Å². The average Bonchev–Trinajstić information content (AvgIpc) is 3.04. The molecule has 116 valence electrons. The molecule has 0 aromatic heterocycles. The normalized spacial score (nSPS) is 26.1. The van der Waals surface area contributed by atoms with Gasteiger partial charge in [-0.3, -0.25) is 4.90 Å². The minimum atomic E-state index is 0.139. The molecule has 1 fully saturated rings. The quantitative estimate of drug-likeness (QED) is 0.924. The summed E-state index contributed by atoms with van der Waals surface area (Å²) in [7, 11) is 1.73. The van der Waals surface area contributed by atoms with Crippen LogP contribution in [0.15, 0.2) is 18.2 Å². The first-order valence-corrected chi connectivity index (χ1v) is 8.42. The van der Waals surface area contributed by atoms with E-state index in [2.05, 4.69) is 24.0 Å². The highest BCUT2D eigenvalue weighted by Gasteiger charge is 2.34. The maximum atomic E-state index is 6.64. The molecule has 2 unspecified atom stereocenters. The molecule has 0 aliphatic heterocycles. The molecule has 3 nitrogen and oxygen atoms in total. The predicted octanol–water partition coefficient (Wildman–Crippen LogP) is 3.27. The molecule has 3 rings (SSSR count). The topological polar surface area (TPSA) is 38.5 Å². The third-order valence-electron chi connectivity index (χ3n) is 5.42. The molecule has 1 aromatic rings. The van der Waals surface area contributed by atoms with Crippen molar-refractivity contribution in [3.8, 4) is 5.75 Å². The Labute approximate surface area is 128 Å². The van der Waals surface area contributed by atoms with Gasteiger partial charge in [-0.05, 0) is 55.5 Å². The summed E-state index contributed by atoms with van der Waals surface area (Å²) < 4.78 is 5.34. The molecule has 2 atom stereocenters. The van der Waals surface area contributed by atoms with Crippen LogP contribution in [0, 0.1) is 0 Å². The second kappa shape index (κ2) is 6.37. The van der Waals surface area contributed by atoms with Gasteiger partial charge in [0.05, 0.1) is 7.11 Å². The summed E-state index contributed by atoms with van der Waals surface area (Å²) in [6.45, 7) is 3.41. The Bertz CT molecular complexity index is 482. The third kappa shape index (κ3) is 2.82. The molecule has 2 aliphatic carbocycles. The van der Waals surface area contributed by atoms with E-state index in [0.29, 0.717) is 6.04 Å². The predicted molar refractivity (Wildman–Crippen MR) is 86.7 cm³/mol. The van der Waals surface area contributed by atoms with Crippen molar-refractivity contribution < 1.29 is 4.74 Å². The molecule has 0 saturated heterocycles. The molecule has 0 heterocycles. The van der Waals surface area contributed by atoms with Crippen molar-refractivity contribution in [3.05, 3.63) is 29.3 Å². The van der Waals surface area contributed by atoms with E-state index < -0.39 is 0 Å². The largest absolute Gasteiger partial charge is 0.497 e. The van der Waals surface area contributed by atoms with Gasteiger partial charge in [0.2, 0.25) is 0 Å². The Kier molecular flexibility index (Phi) is 4.51. The van der Waals surface area contributed by atoms with Gasteiger partial charge >= 0.3 is 0 Å². The van der Waals surface area contributed by atoms with Gasteiger partial charge in [0.15, 0.2) is 0 Å². The monoisotopic (exact) mass is 288 g/mol. The molecule has 0 radical (unpaired) electrons. The maximum Gasteiger partial charge on any atom is 0.119 e. The fourth-order valence-electron chi connectivity index (χ4n) is 4.31. The molecule has 3 heteroatoms. The Morgan fingerprint density at radius 1 is 1.24 bits per heavy atom. The van der Waals surface area contributed by atoms with E-state index in [0.717, 1.165) is 24.8 Å². The molecule has 0 bridgehead atoms. The first-order chi connectivity index (χ1) is 10.2. The third-order valence-corrected chi connectivity index (χ3v) is 5.42. The van der Waals surface area contributed by atoms with Crippen LogP contribution < -0.4 is 10.5 Å². The van der Waals surface area contributed by atoms with E-state index in [9.17, 15) is 0 Å². The van der Waals surface area contributed by atoms with Crippen molar-refractivity contribution in [3.63, 3.8) is 0 Å². The molecular formula is C18H28N2O. The molecule has 0 spiro atoms. The van der Waals surface area contributed by atoms with Gasteiger partial charge in [-0.15, -0.1) is 0 Å². The number of rotatable bonds is 4. The van der Waals surface area contributed by atoms with Crippen LogP contribution in [0.25, 0.3) is 0 Å². The summed E-state index contributed by atoms with van der Waals surface area (Å²) in [6.07, 6.45) is 7.77. The second-order valence-electron chi connectivity index (χ2n) is 6.47. The lowest BCUT2D eigenvalue weighted by atomic mass is 9.83. The zero-order valence-corrected chi connectivity index (χ0v) is 13.3. The van der Waals surface area contributed by atoms with E-state index in [4.69, 9.17) is 10.5 Å². The smallest absolute Gasteiger partial charge is 0.119 e. The zero-order valence-electron chi connectivity index (χ0n) is 13.3. The highest BCUT2D eigenvalue weighted by atomic mass is 16.5. The minimum Gasteiger partial charge on any atom is -0.497 e. The van der Waals surface area contributed by atoms with Gasteiger partial charge in [0.1, 0.15) is 5.75 Å². The summed E-state index contributed by atoms with van der Waals surface area (Å²) in [5, 5.41) is 0. The van der Waals surface area contributed by atoms with Crippen LogP contribution >= 0.6 is 0 Å². The fourth-order valence-corrected chi connectivity index (χ4v) is 4.31. The van der Waals surface area contributed by atoms with Crippen LogP contribution in [0.3, 0.4) is 0 Å². The van der Waals surface area contributed by atoms with Crippen LogP contribution in [0.5, 0.6) is 5.75 Å². The number of fused-ring (bicyclic) bond motifs is 1. The molecule has 1 aromatic carbocycles. The lowest BCUT2D eigenvalue weighted by molar-refractivity contribution is 0.111. The standard InChI is InChI=1S/C18H28N2O/c1-3-20(14-6-4-5-7-14)17-11-8-13-12-15(21-2)9-10-16(13)18(17)19/h9-10,12,14,17-18H,3-8,11,19H2,1-2H3. The van der Waals surface area contributed by atoms with Crippen molar-refractivity contribution in [2.75, 3.05) is 13.7 Å². The number of benzene rings is 1. The van der Waals surface area contributed by atoms with Gasteiger partial charge in [-0.1, -0.05) is 25.8 Å². The first kappa shape index (κ1) is 14.9. The maximum absolute atomic E-state index is 6.64. The van der Waals surface area contributed by atoms with E-state index in [-0.39, 0.29) is 6.04 Å². The van der Waals surface area contributed by atoms with Crippen molar-refractivity contribution in [2.24, 2.45) is 5.73 Å². The molecule has 2 aliphatic rings. The van der Waals surface area contributed by atoms with Crippen LogP contribution in [0.1, 0.15) is 56.2 Å². The highest BCUT2D eigenvalue weighted by molar-refractivity contribution is 5.40. The number of aryl methyl sites for hydroxylation is 1. The second-order valence-corrected chi connectivity index (χ2v) is 6.47. The Morgan fingerprint density at radius 3 is 2.67 bits per heavy atom. The minimum absolute atomic E-state index is 0.139. The number of ether oxygens (including phenoxy) is 1. The summed E-state index contributed by atoms with van der Waals surface area (Å²) in [5.41, 5.74) is 9.34.